The molecular weight excluding hydrogens is 346 g/mol. The number of urea groups is 1. The molecule has 2 heterocycles. The lowest BCUT2D eigenvalue weighted by Crippen LogP contribution is -2.34. The highest BCUT2D eigenvalue weighted by Crippen LogP contribution is 2.37. The number of carbonyl (C=O) groups excluding carboxylic acids is 2. The molecule has 2 aliphatic rings. The Morgan fingerprint density at radius 3 is 2.89 bits per heavy atom. The first kappa shape index (κ1) is 17.2. The molecule has 0 spiro atoms. The predicted octanol–water partition coefficient (Wildman–Crippen LogP) is 2.90. The van der Waals surface area contributed by atoms with Crippen LogP contribution in [0.1, 0.15) is 12.0 Å². The van der Waals surface area contributed by atoms with Gasteiger partial charge in [0, 0.05) is 42.9 Å². The lowest BCUT2D eigenvalue weighted by molar-refractivity contribution is -0.117. The first-order valence-corrected chi connectivity index (χ1v) is 8.90. The van der Waals surface area contributed by atoms with Gasteiger partial charge >= 0.3 is 6.03 Å². The van der Waals surface area contributed by atoms with E-state index >= 15 is 0 Å². The highest BCUT2D eigenvalue weighted by Gasteiger charge is 2.31. The standard InChI is InChI=1S/C20H21N3O4/c1-13-3-2-4-15(7-13)22-20(25)21-10-14-8-19(24)23(11-14)16-5-6-17-18(9-16)27-12-26-17/h2-7,9,14H,8,10-12H2,1H3,(H2,21,22,25)/t14-/m0/s1. The highest BCUT2D eigenvalue weighted by atomic mass is 16.7. The van der Waals surface area contributed by atoms with Crippen molar-refractivity contribution in [1.82, 2.24) is 5.32 Å². The largest absolute Gasteiger partial charge is 0.454 e. The summed E-state index contributed by atoms with van der Waals surface area (Å²) < 4.78 is 10.7. The van der Waals surface area contributed by atoms with Crippen LogP contribution in [0.2, 0.25) is 0 Å². The molecule has 1 saturated heterocycles. The van der Waals surface area contributed by atoms with E-state index in [-0.39, 0.29) is 24.6 Å². The number of nitrogens with one attached hydrogen (secondary N) is 2. The van der Waals surface area contributed by atoms with E-state index in [9.17, 15) is 9.59 Å². The normalized spacial score (nSPS) is 17.9. The van der Waals surface area contributed by atoms with Gasteiger partial charge in [-0.3, -0.25) is 4.79 Å². The first-order chi connectivity index (χ1) is 13.1. The molecule has 7 heteroatoms. The van der Waals surface area contributed by atoms with Crippen molar-refractivity contribution in [3.05, 3.63) is 48.0 Å². The zero-order valence-corrected chi connectivity index (χ0v) is 15.0. The Bertz CT molecular complexity index is 883. The summed E-state index contributed by atoms with van der Waals surface area (Å²) in [5, 5.41) is 5.66. The number of hydrogen-bond donors (Lipinski definition) is 2. The summed E-state index contributed by atoms with van der Waals surface area (Å²) in [5.41, 5.74) is 2.61. The summed E-state index contributed by atoms with van der Waals surface area (Å²) in [4.78, 5) is 26.2. The van der Waals surface area contributed by atoms with E-state index in [2.05, 4.69) is 10.6 Å². The molecule has 1 fully saturated rings. The maximum atomic E-state index is 12.4. The number of hydrogen-bond acceptors (Lipinski definition) is 4. The Hall–Kier alpha value is -3.22. The smallest absolute Gasteiger partial charge is 0.319 e. The summed E-state index contributed by atoms with van der Waals surface area (Å²) in [6.07, 6.45) is 0.402. The zero-order valence-electron chi connectivity index (χ0n) is 15.0. The van der Waals surface area contributed by atoms with Gasteiger partial charge in [-0.15, -0.1) is 0 Å². The van der Waals surface area contributed by atoms with Crippen molar-refractivity contribution in [2.24, 2.45) is 5.92 Å². The Balaban J connectivity index is 1.32. The summed E-state index contributed by atoms with van der Waals surface area (Å²) in [6, 6.07) is 12.8. The van der Waals surface area contributed by atoms with Crippen molar-refractivity contribution in [2.45, 2.75) is 13.3 Å². The van der Waals surface area contributed by atoms with Gasteiger partial charge in [0.1, 0.15) is 0 Å². The number of aryl methyl sites for hydroxylation is 1. The van der Waals surface area contributed by atoms with E-state index in [0.717, 1.165) is 16.9 Å². The molecule has 0 saturated carbocycles. The van der Waals surface area contributed by atoms with Crippen LogP contribution in [0.3, 0.4) is 0 Å². The van der Waals surface area contributed by atoms with Gasteiger partial charge < -0.3 is 25.0 Å². The molecule has 27 heavy (non-hydrogen) atoms. The third kappa shape index (κ3) is 3.81. The second-order valence-corrected chi connectivity index (χ2v) is 6.82. The number of amides is 3. The third-order valence-corrected chi connectivity index (χ3v) is 4.70. The number of nitrogens with zero attached hydrogens (tertiary/aromatic N) is 1. The summed E-state index contributed by atoms with van der Waals surface area (Å²) in [6.45, 7) is 3.17. The lowest BCUT2D eigenvalue weighted by atomic mass is 10.1. The van der Waals surface area contributed by atoms with Crippen molar-refractivity contribution >= 4 is 23.3 Å². The number of rotatable bonds is 4. The van der Waals surface area contributed by atoms with Crippen LogP contribution in [0.5, 0.6) is 11.5 Å². The second kappa shape index (κ2) is 7.19. The Labute approximate surface area is 157 Å². The average molecular weight is 367 g/mol. The predicted molar refractivity (Wildman–Crippen MR) is 101 cm³/mol. The van der Waals surface area contributed by atoms with Crippen LogP contribution in [0.15, 0.2) is 42.5 Å². The molecule has 2 aromatic carbocycles. The summed E-state index contributed by atoms with van der Waals surface area (Å²) >= 11 is 0. The van der Waals surface area contributed by atoms with E-state index in [1.165, 1.54) is 0 Å². The van der Waals surface area contributed by atoms with E-state index in [0.29, 0.717) is 31.0 Å². The fourth-order valence-electron chi connectivity index (χ4n) is 3.36. The van der Waals surface area contributed by atoms with Gasteiger partial charge in [0.25, 0.3) is 0 Å². The van der Waals surface area contributed by atoms with Gasteiger partial charge in [0.2, 0.25) is 12.7 Å². The fourth-order valence-corrected chi connectivity index (χ4v) is 3.36. The van der Waals surface area contributed by atoms with Gasteiger partial charge in [0.05, 0.1) is 0 Å². The van der Waals surface area contributed by atoms with Gasteiger partial charge in [-0.1, -0.05) is 12.1 Å². The minimum Gasteiger partial charge on any atom is -0.454 e. The van der Waals surface area contributed by atoms with Gasteiger partial charge in [-0.2, -0.15) is 0 Å². The number of anilines is 2. The molecule has 2 N–H and O–H groups in total. The van der Waals surface area contributed by atoms with E-state index < -0.39 is 0 Å². The van der Waals surface area contributed by atoms with Crippen LogP contribution in [0.25, 0.3) is 0 Å². The lowest BCUT2D eigenvalue weighted by Gasteiger charge is -2.17. The highest BCUT2D eigenvalue weighted by molar-refractivity contribution is 5.96. The quantitative estimate of drug-likeness (QED) is 0.871. The molecule has 0 bridgehead atoms. The molecule has 0 radical (unpaired) electrons. The maximum absolute atomic E-state index is 12.4. The van der Waals surface area contributed by atoms with Crippen molar-refractivity contribution < 1.29 is 19.1 Å². The molecule has 3 amide bonds. The maximum Gasteiger partial charge on any atom is 0.319 e. The monoisotopic (exact) mass is 367 g/mol. The molecule has 0 unspecified atom stereocenters. The van der Waals surface area contributed by atoms with Crippen molar-refractivity contribution in [2.75, 3.05) is 30.1 Å². The zero-order chi connectivity index (χ0) is 18.8. The van der Waals surface area contributed by atoms with Crippen LogP contribution < -0.4 is 25.0 Å². The summed E-state index contributed by atoms with van der Waals surface area (Å²) in [5.74, 6) is 1.45. The second-order valence-electron chi connectivity index (χ2n) is 6.82. The van der Waals surface area contributed by atoms with Crippen molar-refractivity contribution in [3.8, 4) is 11.5 Å². The van der Waals surface area contributed by atoms with E-state index in [1.54, 1.807) is 4.90 Å². The van der Waals surface area contributed by atoms with Crippen LogP contribution in [0.4, 0.5) is 16.2 Å². The Morgan fingerprint density at radius 2 is 2.04 bits per heavy atom. The van der Waals surface area contributed by atoms with Crippen LogP contribution in [-0.4, -0.2) is 31.8 Å². The van der Waals surface area contributed by atoms with Crippen molar-refractivity contribution in [1.29, 1.82) is 0 Å². The van der Waals surface area contributed by atoms with Crippen molar-refractivity contribution in [3.63, 3.8) is 0 Å². The third-order valence-electron chi connectivity index (χ3n) is 4.70. The summed E-state index contributed by atoms with van der Waals surface area (Å²) in [7, 11) is 0. The molecule has 2 aliphatic heterocycles. The van der Waals surface area contributed by atoms with Crippen LogP contribution >= 0.6 is 0 Å². The SMILES string of the molecule is Cc1cccc(NC(=O)NC[C@@H]2CC(=O)N(c3ccc4c(c3)OCO4)C2)c1. The Morgan fingerprint density at radius 1 is 1.19 bits per heavy atom. The van der Waals surface area contributed by atoms with Gasteiger partial charge in [-0.25, -0.2) is 4.79 Å². The van der Waals surface area contributed by atoms with Gasteiger partial charge in [0.15, 0.2) is 11.5 Å². The van der Waals surface area contributed by atoms with Gasteiger partial charge in [-0.05, 0) is 36.8 Å². The molecule has 7 nitrogen and oxygen atoms in total. The molecule has 2 aromatic rings. The molecule has 0 aromatic heterocycles. The minimum absolute atomic E-state index is 0.0414. The average Bonchev–Trinajstić information content (AvgIpc) is 3.25. The first-order valence-electron chi connectivity index (χ1n) is 8.90. The number of carbonyl (C=O) groups is 2. The number of ether oxygens (including phenoxy) is 2. The van der Waals surface area contributed by atoms with E-state index in [4.69, 9.17) is 9.47 Å². The molecule has 1 atom stereocenters. The topological polar surface area (TPSA) is 79.9 Å². The van der Waals surface area contributed by atoms with E-state index in [1.807, 2.05) is 49.4 Å². The molecule has 140 valence electrons. The number of fused-ring (bicyclic) bond motifs is 1. The van der Waals surface area contributed by atoms with Crippen LogP contribution in [-0.2, 0) is 4.79 Å². The molecular formula is C20H21N3O4. The van der Waals surface area contributed by atoms with Crippen LogP contribution in [0, 0.1) is 12.8 Å². The molecule has 0 aliphatic carbocycles. The minimum atomic E-state index is -0.269. The molecule has 4 rings (SSSR count). The fraction of sp³-hybridized carbons (Fsp3) is 0.300. The Kier molecular flexibility index (Phi) is 4.58. The number of benzene rings is 2.